The van der Waals surface area contributed by atoms with Crippen LogP contribution in [0.25, 0.3) is 44.3 Å². The lowest BCUT2D eigenvalue weighted by Crippen LogP contribution is -1.99. The van der Waals surface area contributed by atoms with Crippen molar-refractivity contribution in [2.24, 2.45) is 0 Å². The number of nitriles is 2. The van der Waals surface area contributed by atoms with Gasteiger partial charge in [-0.15, -0.1) is 0 Å². The van der Waals surface area contributed by atoms with E-state index in [1.807, 2.05) is 42.7 Å². The number of pyridine rings is 4. The fraction of sp³-hybridized carbons (Fsp3) is 0.150. The van der Waals surface area contributed by atoms with Crippen LogP contribution in [0.3, 0.4) is 0 Å². The zero-order valence-electron chi connectivity index (χ0n) is 30.4. The first-order chi connectivity index (χ1) is 26.6. The molecule has 0 radical (unpaired) electrons. The maximum Gasteiger partial charge on any atom is 0.227 e. The minimum Gasteiger partial charge on any atom is -0.368 e. The van der Waals surface area contributed by atoms with Gasteiger partial charge in [-0.25, -0.2) is 19.9 Å². The summed E-state index contributed by atoms with van der Waals surface area (Å²) in [6, 6.07) is 15.9. The quantitative estimate of drug-likeness (QED) is 0.163. The largest absolute Gasteiger partial charge is 0.368 e. The molecule has 8 aromatic heterocycles. The summed E-state index contributed by atoms with van der Waals surface area (Å²) in [5.74, 6) is 0.737. The third kappa shape index (κ3) is 8.93. The lowest BCUT2D eigenvalue weighted by Gasteiger charge is -2.08. The summed E-state index contributed by atoms with van der Waals surface area (Å²) in [6.45, 7) is 8.56. The Morgan fingerprint density at radius 1 is 0.655 bits per heavy atom. The Morgan fingerprint density at radius 3 is 1.73 bits per heavy atom. The van der Waals surface area contributed by atoms with Crippen molar-refractivity contribution in [1.82, 2.24) is 49.0 Å². The van der Waals surface area contributed by atoms with Gasteiger partial charge in [-0.05, 0) is 80.0 Å². The first kappa shape index (κ1) is 37.7. The average molecular weight is 792 g/mol. The molecule has 15 heteroatoms. The molecule has 55 heavy (non-hydrogen) atoms. The highest BCUT2D eigenvalue weighted by Crippen LogP contribution is 2.32. The van der Waals surface area contributed by atoms with Crippen LogP contribution in [0.4, 0.5) is 17.6 Å². The minimum atomic E-state index is 0.289. The highest BCUT2D eigenvalue weighted by atomic mass is 79.9. The van der Waals surface area contributed by atoms with E-state index in [1.54, 1.807) is 49.3 Å². The van der Waals surface area contributed by atoms with Gasteiger partial charge in [0.05, 0.1) is 57.8 Å². The van der Waals surface area contributed by atoms with Gasteiger partial charge in [0.2, 0.25) is 11.9 Å². The average Bonchev–Trinajstić information content (AvgIpc) is 3.79. The summed E-state index contributed by atoms with van der Waals surface area (Å²) >= 11 is 3.19. The Bertz CT molecular complexity index is 2670. The molecular formula is C40H35BrN14. The summed E-state index contributed by atoms with van der Waals surface area (Å²) in [5, 5.41) is 22.7. The number of aromatic nitrogens is 10. The van der Waals surface area contributed by atoms with Gasteiger partial charge in [-0.2, -0.15) is 10.5 Å². The molecule has 0 aliphatic rings. The van der Waals surface area contributed by atoms with Crippen LogP contribution in [-0.4, -0.2) is 49.0 Å². The Morgan fingerprint density at radius 2 is 1.20 bits per heavy atom. The zero-order chi connectivity index (χ0) is 38.9. The molecule has 0 saturated carbocycles. The maximum absolute atomic E-state index is 9.01. The monoisotopic (exact) mass is 790 g/mol. The van der Waals surface area contributed by atoms with Gasteiger partial charge < -0.3 is 20.2 Å². The highest BCUT2D eigenvalue weighted by molar-refractivity contribution is 9.10. The van der Waals surface area contributed by atoms with E-state index in [0.29, 0.717) is 34.8 Å². The van der Waals surface area contributed by atoms with Crippen molar-refractivity contribution in [3.63, 3.8) is 0 Å². The van der Waals surface area contributed by atoms with Gasteiger partial charge in [0, 0.05) is 94.2 Å². The third-order valence-corrected chi connectivity index (χ3v) is 8.66. The lowest BCUT2D eigenvalue weighted by molar-refractivity contribution is 0.622. The van der Waals surface area contributed by atoms with E-state index in [0.717, 1.165) is 48.8 Å². The molecule has 0 atom stereocenters. The van der Waals surface area contributed by atoms with E-state index in [4.69, 9.17) is 16.3 Å². The predicted molar refractivity (Wildman–Crippen MR) is 216 cm³/mol. The summed E-state index contributed by atoms with van der Waals surface area (Å²) in [7, 11) is 0. The molecule has 8 heterocycles. The Kier molecular flexibility index (Phi) is 11.7. The Hall–Kier alpha value is -7.10. The molecule has 0 aliphatic carbocycles. The van der Waals surface area contributed by atoms with Crippen LogP contribution in [0, 0.1) is 22.7 Å². The zero-order valence-corrected chi connectivity index (χ0v) is 32.0. The van der Waals surface area contributed by atoms with E-state index in [-0.39, 0.29) is 5.95 Å². The van der Waals surface area contributed by atoms with Gasteiger partial charge in [0.25, 0.3) is 0 Å². The van der Waals surface area contributed by atoms with Crippen molar-refractivity contribution < 1.29 is 0 Å². The molecule has 8 rings (SSSR count). The molecule has 3 N–H and O–H groups in total. The molecule has 272 valence electrons. The third-order valence-electron chi connectivity index (χ3n) is 8.22. The SMILES string of the molecule is CC(C)n1cc(-c2ccnc(N)n2)c2ccncc21.CC(C)n1cc(-c2ccnc(Nc3cncc(C#N)c3)n2)c2ccncc21.N#Cc1cncc(Br)c1. The van der Waals surface area contributed by atoms with Crippen LogP contribution in [0.1, 0.15) is 50.9 Å². The number of hydrogen-bond acceptors (Lipinski definition) is 12. The second kappa shape index (κ2) is 17.2. The van der Waals surface area contributed by atoms with E-state index in [9.17, 15) is 0 Å². The Labute approximate surface area is 325 Å². The molecule has 8 aromatic rings. The van der Waals surface area contributed by atoms with Crippen molar-refractivity contribution in [3.05, 3.63) is 126 Å². The van der Waals surface area contributed by atoms with Crippen LogP contribution in [0.15, 0.2) is 115 Å². The first-order valence-corrected chi connectivity index (χ1v) is 17.9. The number of nitrogens with two attached hydrogens (primary N) is 1. The molecule has 0 aliphatic heterocycles. The maximum atomic E-state index is 9.01. The van der Waals surface area contributed by atoms with Crippen molar-refractivity contribution in [3.8, 4) is 34.7 Å². The second-order valence-electron chi connectivity index (χ2n) is 12.6. The molecule has 0 amide bonds. The minimum absolute atomic E-state index is 0.289. The molecule has 14 nitrogen and oxygen atoms in total. The van der Waals surface area contributed by atoms with Crippen LogP contribution >= 0.6 is 15.9 Å². The number of fused-ring (bicyclic) bond motifs is 2. The van der Waals surface area contributed by atoms with Crippen LogP contribution < -0.4 is 11.1 Å². The fourth-order valence-corrected chi connectivity index (χ4v) is 6.09. The number of nitrogens with one attached hydrogen (secondary N) is 1. The van der Waals surface area contributed by atoms with Gasteiger partial charge >= 0.3 is 0 Å². The number of hydrogen-bond donors (Lipinski definition) is 2. The van der Waals surface area contributed by atoms with E-state index in [1.165, 1.54) is 12.4 Å². The molecule has 0 bridgehead atoms. The smallest absolute Gasteiger partial charge is 0.227 e. The van der Waals surface area contributed by atoms with Gasteiger partial charge in [0.1, 0.15) is 12.1 Å². The van der Waals surface area contributed by atoms with E-state index >= 15 is 0 Å². The highest BCUT2D eigenvalue weighted by Gasteiger charge is 2.15. The summed E-state index contributed by atoms with van der Waals surface area (Å²) in [5.41, 5.74) is 13.3. The number of nitrogen functional groups attached to an aromatic ring is 1. The topological polar surface area (TPSA) is 199 Å². The van der Waals surface area contributed by atoms with Gasteiger partial charge in [-0.3, -0.25) is 19.9 Å². The number of rotatable bonds is 6. The number of nitrogens with zero attached hydrogens (tertiary/aromatic N) is 12. The molecular weight excluding hydrogens is 756 g/mol. The predicted octanol–water partition coefficient (Wildman–Crippen LogP) is 8.46. The van der Waals surface area contributed by atoms with Crippen molar-refractivity contribution in [2.75, 3.05) is 11.1 Å². The summed E-state index contributed by atoms with van der Waals surface area (Å²) < 4.78 is 5.21. The normalized spacial score (nSPS) is 10.6. The van der Waals surface area contributed by atoms with Gasteiger partial charge in [-0.1, -0.05) is 0 Å². The lowest BCUT2D eigenvalue weighted by atomic mass is 10.1. The van der Waals surface area contributed by atoms with Crippen LogP contribution in [0.5, 0.6) is 0 Å². The number of halogens is 1. The Balaban J connectivity index is 0.000000159. The first-order valence-electron chi connectivity index (χ1n) is 17.1. The molecule has 0 unspecified atom stereocenters. The molecule has 0 saturated heterocycles. The van der Waals surface area contributed by atoms with Crippen LogP contribution in [0.2, 0.25) is 0 Å². The second-order valence-corrected chi connectivity index (χ2v) is 13.6. The standard InChI is InChI=1S/C20H17N7.C14H15N5.C6H3BrN2/c1-13(2)27-12-17(16-3-5-22-11-19(16)27)18-4-6-24-20(26-18)25-15-7-14(8-21)9-23-10-15;1-9(2)19-8-11(10-3-5-16-7-13(10)19)12-4-6-17-14(15)18-12;7-6-1-5(2-8)3-9-4-6/h3-7,9-13H,1-2H3,(H,24,25,26);3-9H,1-2H3,(H2,15,17,18);1,3-4H. The summed E-state index contributed by atoms with van der Waals surface area (Å²) in [6.07, 6.45) is 21.2. The molecule has 0 spiro atoms. The van der Waals surface area contributed by atoms with Crippen LogP contribution in [-0.2, 0) is 0 Å². The molecule has 0 fully saturated rings. The van der Waals surface area contributed by atoms with Crippen molar-refractivity contribution in [1.29, 1.82) is 10.5 Å². The van der Waals surface area contributed by atoms with Crippen molar-refractivity contribution >= 4 is 55.3 Å². The molecule has 0 aromatic carbocycles. The van der Waals surface area contributed by atoms with Crippen molar-refractivity contribution in [2.45, 2.75) is 39.8 Å². The number of anilines is 3. The van der Waals surface area contributed by atoms with E-state index in [2.05, 4.69) is 116 Å². The fourth-order valence-electron chi connectivity index (χ4n) is 5.72. The van der Waals surface area contributed by atoms with Gasteiger partial charge in [0.15, 0.2) is 0 Å². The summed E-state index contributed by atoms with van der Waals surface area (Å²) in [4.78, 5) is 33.5. The van der Waals surface area contributed by atoms with E-state index < -0.39 is 0 Å².